The van der Waals surface area contributed by atoms with Gasteiger partial charge < -0.3 is 20.7 Å². The van der Waals surface area contributed by atoms with E-state index in [1.807, 2.05) is 6.92 Å². The van der Waals surface area contributed by atoms with Crippen LogP contribution in [0.4, 0.5) is 4.79 Å². The van der Waals surface area contributed by atoms with Crippen molar-refractivity contribution in [2.45, 2.75) is 58.0 Å². The third kappa shape index (κ3) is 3.48. The summed E-state index contributed by atoms with van der Waals surface area (Å²) >= 11 is 0. The van der Waals surface area contributed by atoms with Crippen molar-refractivity contribution in [3.63, 3.8) is 0 Å². The number of nitrogens with two attached hydrogens (primary N) is 1. The molecule has 0 aromatic carbocycles. The van der Waals surface area contributed by atoms with Crippen LogP contribution >= 0.6 is 0 Å². The molecule has 21 heavy (non-hydrogen) atoms. The standard InChI is InChI=1S/C15H27N3O3/c1-3-21-14(20)18-9-6-11(7-10-18)17-13(19)15(2)8-4-5-12(15)16/h11-12H,3-10,16H2,1-2H3,(H,17,19). The van der Waals surface area contributed by atoms with Crippen molar-refractivity contribution in [2.24, 2.45) is 11.1 Å². The maximum absolute atomic E-state index is 12.5. The maximum atomic E-state index is 12.5. The van der Waals surface area contributed by atoms with E-state index < -0.39 is 5.41 Å². The number of piperidine rings is 1. The Morgan fingerprint density at radius 3 is 2.52 bits per heavy atom. The fourth-order valence-electron chi connectivity index (χ4n) is 3.25. The predicted octanol–water partition coefficient (Wildman–Crippen LogP) is 1.24. The third-order valence-electron chi connectivity index (χ3n) is 4.90. The highest BCUT2D eigenvalue weighted by Gasteiger charge is 2.43. The number of hydrogen-bond acceptors (Lipinski definition) is 4. The van der Waals surface area contributed by atoms with Crippen LogP contribution in [0.25, 0.3) is 0 Å². The highest BCUT2D eigenvalue weighted by Crippen LogP contribution is 2.37. The second kappa shape index (κ2) is 6.64. The molecule has 0 bridgehead atoms. The van der Waals surface area contributed by atoms with Gasteiger partial charge in [-0.2, -0.15) is 0 Å². The van der Waals surface area contributed by atoms with Crippen molar-refractivity contribution in [3.8, 4) is 0 Å². The molecule has 0 aromatic heterocycles. The molecule has 3 N–H and O–H groups in total. The van der Waals surface area contributed by atoms with E-state index in [0.29, 0.717) is 19.7 Å². The van der Waals surface area contributed by atoms with Crippen molar-refractivity contribution >= 4 is 12.0 Å². The largest absolute Gasteiger partial charge is 0.450 e. The summed E-state index contributed by atoms with van der Waals surface area (Å²) in [6, 6.07) is 0.0879. The molecule has 120 valence electrons. The molecule has 1 aliphatic heterocycles. The Morgan fingerprint density at radius 1 is 1.33 bits per heavy atom. The Morgan fingerprint density at radius 2 is 2.00 bits per heavy atom. The highest BCUT2D eigenvalue weighted by atomic mass is 16.6. The molecule has 1 aliphatic carbocycles. The van der Waals surface area contributed by atoms with Gasteiger partial charge in [0.25, 0.3) is 0 Å². The van der Waals surface area contributed by atoms with Crippen LogP contribution in [0.1, 0.15) is 46.0 Å². The van der Waals surface area contributed by atoms with Crippen molar-refractivity contribution in [1.29, 1.82) is 0 Å². The van der Waals surface area contributed by atoms with E-state index in [0.717, 1.165) is 32.1 Å². The second-order valence-corrected chi connectivity index (χ2v) is 6.35. The quantitative estimate of drug-likeness (QED) is 0.821. The lowest BCUT2D eigenvalue weighted by Gasteiger charge is -2.35. The molecule has 2 aliphatic rings. The van der Waals surface area contributed by atoms with Gasteiger partial charge in [-0.3, -0.25) is 4.79 Å². The summed E-state index contributed by atoms with van der Waals surface area (Å²) in [5.41, 5.74) is 5.65. The van der Waals surface area contributed by atoms with Crippen LogP contribution in [0.2, 0.25) is 0 Å². The van der Waals surface area contributed by atoms with Crippen molar-refractivity contribution in [3.05, 3.63) is 0 Å². The number of hydrogen-bond donors (Lipinski definition) is 2. The minimum atomic E-state index is -0.432. The van der Waals surface area contributed by atoms with Crippen LogP contribution in [0.15, 0.2) is 0 Å². The molecule has 0 aromatic rings. The average Bonchev–Trinajstić information content (AvgIpc) is 2.81. The van der Waals surface area contributed by atoms with Crippen LogP contribution in [-0.4, -0.2) is 48.7 Å². The first kappa shape index (κ1) is 16.1. The number of amides is 2. The van der Waals surface area contributed by atoms with E-state index in [-0.39, 0.29) is 24.1 Å². The minimum absolute atomic E-state index is 0.0443. The van der Waals surface area contributed by atoms with E-state index in [1.165, 1.54) is 0 Å². The van der Waals surface area contributed by atoms with E-state index in [4.69, 9.17) is 10.5 Å². The fraction of sp³-hybridized carbons (Fsp3) is 0.867. The Bertz CT molecular complexity index is 394. The SMILES string of the molecule is CCOC(=O)N1CCC(NC(=O)C2(C)CCCC2N)CC1. The van der Waals surface area contributed by atoms with Crippen LogP contribution in [-0.2, 0) is 9.53 Å². The van der Waals surface area contributed by atoms with Gasteiger partial charge in [-0.05, 0) is 39.5 Å². The van der Waals surface area contributed by atoms with E-state index >= 15 is 0 Å². The molecule has 2 unspecified atom stereocenters. The zero-order valence-electron chi connectivity index (χ0n) is 13.1. The fourth-order valence-corrected chi connectivity index (χ4v) is 3.25. The van der Waals surface area contributed by atoms with Crippen LogP contribution < -0.4 is 11.1 Å². The number of likely N-dealkylation sites (tertiary alicyclic amines) is 1. The molecule has 6 heteroatoms. The van der Waals surface area contributed by atoms with Crippen LogP contribution in [0.3, 0.4) is 0 Å². The number of ether oxygens (including phenoxy) is 1. The molecule has 1 saturated heterocycles. The lowest BCUT2D eigenvalue weighted by molar-refractivity contribution is -0.131. The lowest BCUT2D eigenvalue weighted by atomic mass is 9.83. The number of rotatable bonds is 3. The number of nitrogens with zero attached hydrogens (tertiary/aromatic N) is 1. The van der Waals surface area contributed by atoms with Crippen molar-refractivity contribution < 1.29 is 14.3 Å². The first-order chi connectivity index (χ1) is 9.97. The molecular weight excluding hydrogens is 270 g/mol. The summed E-state index contributed by atoms with van der Waals surface area (Å²) in [7, 11) is 0. The second-order valence-electron chi connectivity index (χ2n) is 6.35. The molecule has 2 atom stereocenters. The Balaban J connectivity index is 1.81. The van der Waals surface area contributed by atoms with E-state index in [2.05, 4.69) is 5.32 Å². The van der Waals surface area contributed by atoms with Crippen LogP contribution in [0, 0.1) is 5.41 Å². The van der Waals surface area contributed by atoms with Crippen molar-refractivity contribution in [1.82, 2.24) is 10.2 Å². The zero-order chi connectivity index (χ0) is 15.5. The predicted molar refractivity (Wildman–Crippen MR) is 79.7 cm³/mol. The normalized spacial score (nSPS) is 30.2. The minimum Gasteiger partial charge on any atom is -0.450 e. The van der Waals surface area contributed by atoms with Gasteiger partial charge in [0.2, 0.25) is 5.91 Å². The van der Waals surface area contributed by atoms with E-state index in [1.54, 1.807) is 11.8 Å². The summed E-state index contributed by atoms with van der Waals surface area (Å²) in [5, 5.41) is 3.13. The van der Waals surface area contributed by atoms with Gasteiger partial charge in [-0.15, -0.1) is 0 Å². The molecule has 0 radical (unpaired) electrons. The highest BCUT2D eigenvalue weighted by molar-refractivity contribution is 5.83. The Hall–Kier alpha value is -1.30. The monoisotopic (exact) mass is 297 g/mol. The van der Waals surface area contributed by atoms with Gasteiger partial charge in [-0.1, -0.05) is 6.42 Å². The van der Waals surface area contributed by atoms with Gasteiger partial charge >= 0.3 is 6.09 Å². The summed E-state index contributed by atoms with van der Waals surface area (Å²) in [6.07, 6.45) is 4.09. The Kier molecular flexibility index (Phi) is 5.08. The third-order valence-corrected chi connectivity index (χ3v) is 4.90. The van der Waals surface area contributed by atoms with Gasteiger partial charge in [0.05, 0.1) is 12.0 Å². The molecule has 2 rings (SSSR count). The van der Waals surface area contributed by atoms with Gasteiger partial charge in [0.15, 0.2) is 0 Å². The van der Waals surface area contributed by atoms with Crippen molar-refractivity contribution in [2.75, 3.05) is 19.7 Å². The zero-order valence-corrected chi connectivity index (χ0v) is 13.1. The first-order valence-electron chi connectivity index (χ1n) is 7.95. The molecule has 0 spiro atoms. The number of carbonyl (C=O) groups is 2. The smallest absolute Gasteiger partial charge is 0.409 e. The maximum Gasteiger partial charge on any atom is 0.409 e. The first-order valence-corrected chi connectivity index (χ1v) is 7.95. The Labute approximate surface area is 126 Å². The summed E-state index contributed by atoms with van der Waals surface area (Å²) < 4.78 is 4.99. The summed E-state index contributed by atoms with van der Waals surface area (Å²) in [5.74, 6) is 0.0714. The number of nitrogens with one attached hydrogen (secondary N) is 1. The molecule has 1 saturated carbocycles. The molecular formula is C15H27N3O3. The average molecular weight is 297 g/mol. The number of carbonyl (C=O) groups excluding carboxylic acids is 2. The summed E-state index contributed by atoms with van der Waals surface area (Å²) in [4.78, 5) is 25.8. The van der Waals surface area contributed by atoms with Gasteiger partial charge in [0.1, 0.15) is 0 Å². The van der Waals surface area contributed by atoms with Crippen LogP contribution in [0.5, 0.6) is 0 Å². The van der Waals surface area contributed by atoms with Gasteiger partial charge in [0, 0.05) is 25.2 Å². The summed E-state index contributed by atoms with van der Waals surface area (Å²) in [6.45, 7) is 5.43. The topological polar surface area (TPSA) is 84.7 Å². The van der Waals surface area contributed by atoms with E-state index in [9.17, 15) is 9.59 Å². The molecule has 1 heterocycles. The molecule has 2 fully saturated rings. The molecule has 2 amide bonds. The van der Waals surface area contributed by atoms with Gasteiger partial charge in [-0.25, -0.2) is 4.79 Å². The molecule has 6 nitrogen and oxygen atoms in total. The lowest BCUT2D eigenvalue weighted by Crippen LogP contribution is -2.53.